The van der Waals surface area contributed by atoms with E-state index in [2.05, 4.69) is 30.3 Å². The van der Waals surface area contributed by atoms with Gasteiger partial charge in [-0.05, 0) is 0 Å². The zero-order valence-corrected chi connectivity index (χ0v) is 17.2. The molecule has 0 aromatic carbocycles. The van der Waals surface area contributed by atoms with Crippen molar-refractivity contribution in [2.45, 2.75) is 43.1 Å². The fourth-order valence-corrected chi connectivity index (χ4v) is 2.14. The van der Waals surface area contributed by atoms with Crippen LogP contribution in [0.3, 0.4) is 0 Å². The number of aromatic nitrogens is 3. The molecule has 0 unspecified atom stereocenters. The van der Waals surface area contributed by atoms with Gasteiger partial charge in [-0.15, -0.1) is 5.10 Å². The van der Waals surface area contributed by atoms with Crippen molar-refractivity contribution in [3.8, 4) is 0 Å². The van der Waals surface area contributed by atoms with E-state index in [1.807, 2.05) is 0 Å². The van der Waals surface area contributed by atoms with Gasteiger partial charge in [0.25, 0.3) is 0 Å². The van der Waals surface area contributed by atoms with Crippen LogP contribution in [-0.4, -0.2) is 78.5 Å². The average molecular weight is 588 g/mol. The first kappa shape index (κ1) is 31.9. The molecule has 1 radical (unpaired) electrons. The number of rotatable bonds is 5. The molecule has 1 saturated heterocycles. The Morgan fingerprint density at radius 1 is 1.21 bits per heavy atom. The number of aliphatic hydroxyl groups is 4. The van der Waals surface area contributed by atoms with Crippen LogP contribution in [0.5, 0.6) is 0 Å². The molecule has 15 heteroatoms. The van der Waals surface area contributed by atoms with E-state index in [1.54, 1.807) is 0 Å². The van der Waals surface area contributed by atoms with Crippen LogP contribution in [0.15, 0.2) is 6.20 Å². The van der Waals surface area contributed by atoms with Crippen LogP contribution in [0.25, 0.3) is 0 Å². The number of carboxylic acids is 1. The third-order valence-corrected chi connectivity index (χ3v) is 3.42. The number of carboxylic acid groups (broad SMARTS) is 1. The second kappa shape index (κ2) is 17.1. The van der Waals surface area contributed by atoms with Gasteiger partial charge in [-0.2, -0.15) is 0 Å². The first-order valence-electron chi connectivity index (χ1n) is 7.14. The summed E-state index contributed by atoms with van der Waals surface area (Å²) in [4.78, 5) is 10.6. The molecule has 1 aliphatic rings. The number of ether oxygens (including phenoxy) is 1. The van der Waals surface area contributed by atoms with Gasteiger partial charge in [0, 0.05) is 32.9 Å². The maximum absolute atomic E-state index is 10.6. The zero-order valence-electron chi connectivity index (χ0n) is 14.5. The van der Waals surface area contributed by atoms with Crippen LogP contribution in [0, 0.1) is 20.0 Å². The summed E-state index contributed by atoms with van der Waals surface area (Å²) in [5.74, 6) is -1.44. The number of nitrogens with two attached hydrogens (primary N) is 1. The zero-order chi connectivity index (χ0) is 22.4. The second-order valence-electron chi connectivity index (χ2n) is 5.04. The van der Waals surface area contributed by atoms with Gasteiger partial charge >= 0.3 is 33.9 Å². The van der Waals surface area contributed by atoms with Crippen molar-refractivity contribution in [2.75, 3.05) is 6.61 Å². The summed E-state index contributed by atoms with van der Waals surface area (Å²) in [7, 11) is 0. The Kier molecular flexibility index (Phi) is 18.9. The molecule has 1 fully saturated rings. The van der Waals surface area contributed by atoms with Gasteiger partial charge in [0.1, 0.15) is 24.4 Å². The summed E-state index contributed by atoms with van der Waals surface area (Å²) in [6.45, 7) is 12.9. The maximum atomic E-state index is 10.6. The van der Waals surface area contributed by atoms with Crippen molar-refractivity contribution in [3.63, 3.8) is 0 Å². The van der Waals surface area contributed by atoms with Gasteiger partial charge in [-0.3, -0.25) is 0 Å². The minimum atomic E-state index is -1.55. The molecule has 29 heavy (non-hydrogen) atoms. The van der Waals surface area contributed by atoms with Gasteiger partial charge in [0.2, 0.25) is 0 Å². The smallest absolute Gasteiger partial charge is 0 e. The predicted molar refractivity (Wildman–Crippen MR) is 77.5 cm³/mol. The van der Waals surface area contributed by atoms with Gasteiger partial charge in [0.15, 0.2) is 6.23 Å². The van der Waals surface area contributed by atoms with Crippen molar-refractivity contribution >= 4 is 5.97 Å². The number of aliphatic hydroxyl groups excluding tert-OH is 4. The standard InChI is InChI=1S/C11H18N4O7.3CO.Re/c12-5(11(20)21)1-4-2-15(14-13-4)10-9(19)8(18)7(17)6(3-16)22-10;3*1-2;/h2,5-10,16-19H,1,3,12H2,(H,20,21);;;;/p-1/t5-,6+,7-,8-,9+,10+;;;;/m0..../s1. The maximum Gasteiger partial charge on any atom is 0 e. The molecule has 0 saturated carbocycles. The molecule has 6 atom stereocenters. The molecule has 2 rings (SSSR count). The number of hydrogen-bond acceptors (Lipinski definition) is 10. The number of carbonyl (C=O) groups is 1. The number of aliphatic carboxylic acids is 1. The Balaban J connectivity index is -0.000000883. The quantitative estimate of drug-likeness (QED) is 0.162. The van der Waals surface area contributed by atoms with Gasteiger partial charge in [0.05, 0.1) is 24.5 Å². The van der Waals surface area contributed by atoms with Crippen molar-refractivity contribution in [2.24, 2.45) is 5.73 Å². The van der Waals surface area contributed by atoms with Crippen LogP contribution >= 0.6 is 0 Å². The fraction of sp³-hybridized carbons (Fsp3) is 0.571. The Morgan fingerprint density at radius 3 is 2.17 bits per heavy atom. The van der Waals surface area contributed by atoms with Crippen LogP contribution in [-0.2, 0) is 50.3 Å². The van der Waals surface area contributed by atoms with Crippen LogP contribution in [0.4, 0.5) is 0 Å². The normalized spacial score (nSPS) is 25.7. The molecular formula is C14H17N4O10Re-. The Labute approximate surface area is 178 Å². The number of carbonyl (C=O) groups excluding carboxylic acids is 1. The molecule has 14 nitrogen and oxygen atoms in total. The first-order chi connectivity index (χ1) is 13.3. The van der Waals surface area contributed by atoms with Crippen molar-refractivity contribution in [1.82, 2.24) is 15.0 Å². The topological polar surface area (TPSA) is 247 Å². The van der Waals surface area contributed by atoms with Crippen LogP contribution in [0.2, 0.25) is 0 Å². The molecular weight excluding hydrogens is 570 g/mol. The average Bonchev–Trinajstić information content (AvgIpc) is 3.19. The Bertz CT molecular complexity index is 636. The van der Waals surface area contributed by atoms with Crippen LogP contribution < -0.4 is 10.8 Å². The Hall–Kier alpha value is -1.75. The summed E-state index contributed by atoms with van der Waals surface area (Å²) < 4.78 is 28.8. The van der Waals surface area contributed by atoms with E-state index in [4.69, 9.17) is 29.5 Å². The summed E-state index contributed by atoms with van der Waals surface area (Å²) >= 11 is 0. The van der Waals surface area contributed by atoms with Gasteiger partial charge < -0.3 is 40.8 Å². The first-order valence-corrected chi connectivity index (χ1v) is 7.14. The van der Waals surface area contributed by atoms with E-state index in [9.17, 15) is 25.2 Å². The summed E-state index contributed by atoms with van der Waals surface area (Å²) in [6, 6.07) is -1.26. The van der Waals surface area contributed by atoms with Gasteiger partial charge in [-0.1, -0.05) is 5.21 Å². The summed E-state index contributed by atoms with van der Waals surface area (Å²) in [5.41, 5.74) is 5.54. The van der Waals surface area contributed by atoms with Crippen LogP contribution in [0.1, 0.15) is 11.9 Å². The summed E-state index contributed by atoms with van der Waals surface area (Å²) in [5, 5.41) is 56.3. The molecule has 0 spiro atoms. The molecule has 0 amide bonds. The van der Waals surface area contributed by atoms with E-state index in [1.165, 1.54) is 6.20 Å². The van der Waals surface area contributed by atoms with Gasteiger partial charge in [-0.25, -0.2) is 4.68 Å². The molecule has 0 aliphatic carbocycles. The number of hydrogen-bond donors (Lipinski definition) is 5. The molecule has 1 aromatic rings. The van der Waals surface area contributed by atoms with E-state index in [-0.39, 0.29) is 32.5 Å². The van der Waals surface area contributed by atoms with E-state index < -0.39 is 49.3 Å². The SMILES string of the molecule is N[C@@H](Cc1cn([C@@H]2O[C@H](CO)[C@H](O)[C@H](O)[C@H]2O)nn1)C(=O)[O-].[C-]#[O+].[C-]#[O+].[C-]#[O+].[Re]. The van der Waals surface area contributed by atoms with E-state index in [0.717, 1.165) is 4.68 Å². The largest absolute Gasteiger partial charge is 0 e. The molecule has 1 aliphatic heterocycles. The third-order valence-electron chi connectivity index (χ3n) is 3.42. The van der Waals surface area contributed by atoms with Crippen molar-refractivity contribution in [3.05, 3.63) is 31.8 Å². The Morgan fingerprint density at radius 2 is 1.72 bits per heavy atom. The molecule has 6 N–H and O–H groups in total. The predicted octanol–water partition coefficient (Wildman–Crippen LogP) is -5.24. The van der Waals surface area contributed by atoms with E-state index in [0.29, 0.717) is 0 Å². The molecule has 161 valence electrons. The minimum Gasteiger partial charge on any atom is 0 e. The molecule has 1 aromatic heterocycles. The minimum absolute atomic E-state index is 0. The summed E-state index contributed by atoms with van der Waals surface area (Å²) in [6.07, 6.45) is -5.67. The molecule has 0 bridgehead atoms. The second-order valence-corrected chi connectivity index (χ2v) is 5.04. The third kappa shape index (κ3) is 9.07. The molecule has 2 heterocycles. The van der Waals surface area contributed by atoms with Crippen molar-refractivity contribution in [1.29, 1.82) is 0 Å². The van der Waals surface area contributed by atoms with E-state index >= 15 is 0 Å². The monoisotopic (exact) mass is 588 g/mol. The number of nitrogens with zero attached hydrogens (tertiary/aromatic N) is 3. The van der Waals surface area contributed by atoms with Crippen molar-refractivity contribution < 1.29 is 69.4 Å². The fourth-order valence-electron chi connectivity index (χ4n) is 2.14.